The Bertz CT molecular complexity index is 521. The molecule has 0 bridgehead atoms. The quantitative estimate of drug-likeness (QED) is 0.345. The standard InChI is InChI=1S/C15H23N5O2/c1-5-6-10-7-11(8-16)20(4)14(10)13(18-19-17)12-9-21-15(2,3)22-12/h5-6,10-14H,7,9H2,1-4H3/b6-5-/t10-,11-,12-,13+,14-/m1/s1. The average molecular weight is 305 g/mol. The molecule has 2 heterocycles. The third-order valence-electron chi connectivity index (χ3n) is 4.43. The molecule has 0 aromatic carbocycles. The molecule has 2 fully saturated rings. The van der Waals surface area contributed by atoms with Crippen molar-refractivity contribution >= 4 is 0 Å². The number of likely N-dealkylation sites (N-methyl/N-ethyl adjacent to an activating group) is 1. The van der Waals surface area contributed by atoms with Crippen molar-refractivity contribution in [1.82, 2.24) is 4.90 Å². The summed E-state index contributed by atoms with van der Waals surface area (Å²) in [4.78, 5) is 5.01. The molecule has 7 nitrogen and oxygen atoms in total. The molecule has 2 aliphatic heterocycles. The molecule has 0 saturated carbocycles. The Kier molecular flexibility index (Phi) is 5.09. The van der Waals surface area contributed by atoms with Crippen molar-refractivity contribution < 1.29 is 9.47 Å². The summed E-state index contributed by atoms with van der Waals surface area (Å²) in [7, 11) is 1.91. The zero-order valence-electron chi connectivity index (χ0n) is 13.5. The van der Waals surface area contributed by atoms with E-state index in [1.165, 1.54) is 0 Å². The fraction of sp³-hybridized carbons (Fsp3) is 0.800. The summed E-state index contributed by atoms with van der Waals surface area (Å²) >= 11 is 0. The molecule has 0 radical (unpaired) electrons. The number of azide groups is 1. The smallest absolute Gasteiger partial charge is 0.163 e. The number of hydrogen-bond donors (Lipinski definition) is 0. The van der Waals surface area contributed by atoms with Gasteiger partial charge in [0.25, 0.3) is 0 Å². The van der Waals surface area contributed by atoms with Crippen molar-refractivity contribution in [2.24, 2.45) is 11.0 Å². The largest absolute Gasteiger partial charge is 0.348 e. The van der Waals surface area contributed by atoms with Crippen LogP contribution < -0.4 is 0 Å². The Hall–Kier alpha value is -1.58. The molecular weight excluding hydrogens is 282 g/mol. The summed E-state index contributed by atoms with van der Waals surface area (Å²) in [5, 5.41) is 13.3. The highest BCUT2D eigenvalue weighted by atomic mass is 16.7. The number of hydrogen-bond acceptors (Lipinski definition) is 5. The summed E-state index contributed by atoms with van der Waals surface area (Å²) in [6, 6.07) is 1.68. The molecule has 0 spiro atoms. The van der Waals surface area contributed by atoms with Crippen molar-refractivity contribution in [1.29, 1.82) is 5.26 Å². The topological polar surface area (TPSA) is 94.3 Å². The first-order chi connectivity index (χ1) is 10.4. The molecule has 2 aliphatic rings. The minimum absolute atomic E-state index is 0.0701. The summed E-state index contributed by atoms with van der Waals surface area (Å²) in [5.74, 6) is -0.516. The van der Waals surface area contributed by atoms with E-state index in [2.05, 4.69) is 22.2 Å². The lowest BCUT2D eigenvalue weighted by molar-refractivity contribution is -0.142. The third kappa shape index (κ3) is 3.26. The zero-order chi connectivity index (χ0) is 16.3. The Balaban J connectivity index is 2.29. The minimum atomic E-state index is -0.671. The molecule has 120 valence electrons. The first kappa shape index (κ1) is 16.8. The second-order valence-corrected chi connectivity index (χ2v) is 6.29. The lowest BCUT2D eigenvalue weighted by Crippen LogP contribution is -2.48. The van der Waals surface area contributed by atoms with Crippen LogP contribution >= 0.6 is 0 Å². The lowest BCUT2D eigenvalue weighted by Gasteiger charge is -2.33. The molecule has 0 aliphatic carbocycles. The van der Waals surface area contributed by atoms with E-state index < -0.39 is 11.8 Å². The Morgan fingerprint density at radius 2 is 2.27 bits per heavy atom. The molecule has 0 amide bonds. The van der Waals surface area contributed by atoms with Crippen LogP contribution in [0.15, 0.2) is 17.3 Å². The highest BCUT2D eigenvalue weighted by Crippen LogP contribution is 2.37. The van der Waals surface area contributed by atoms with Gasteiger partial charge in [0.2, 0.25) is 0 Å². The van der Waals surface area contributed by atoms with Gasteiger partial charge in [-0.05, 0) is 45.7 Å². The minimum Gasteiger partial charge on any atom is -0.348 e. The van der Waals surface area contributed by atoms with Gasteiger partial charge in [0.15, 0.2) is 5.79 Å². The molecule has 0 aromatic heterocycles. The van der Waals surface area contributed by atoms with E-state index in [0.717, 1.165) is 6.42 Å². The fourth-order valence-corrected chi connectivity index (χ4v) is 3.46. The van der Waals surface area contributed by atoms with Crippen molar-refractivity contribution in [3.63, 3.8) is 0 Å². The van der Waals surface area contributed by atoms with Crippen LogP contribution in [-0.2, 0) is 9.47 Å². The monoisotopic (exact) mass is 305 g/mol. The summed E-state index contributed by atoms with van der Waals surface area (Å²) < 4.78 is 11.5. The second-order valence-electron chi connectivity index (χ2n) is 6.29. The van der Waals surface area contributed by atoms with Crippen LogP contribution in [0.1, 0.15) is 27.2 Å². The van der Waals surface area contributed by atoms with Crippen LogP contribution in [0, 0.1) is 17.2 Å². The number of rotatable bonds is 4. The molecule has 0 aromatic rings. The normalized spacial score (nSPS) is 36.1. The first-order valence-electron chi connectivity index (χ1n) is 7.54. The van der Waals surface area contributed by atoms with E-state index >= 15 is 0 Å². The van der Waals surface area contributed by atoms with Crippen molar-refractivity contribution in [3.8, 4) is 6.07 Å². The van der Waals surface area contributed by atoms with Crippen LogP contribution in [0.4, 0.5) is 0 Å². The number of nitrogens with zero attached hydrogens (tertiary/aromatic N) is 5. The van der Waals surface area contributed by atoms with Crippen molar-refractivity contribution in [2.75, 3.05) is 13.7 Å². The first-order valence-corrected chi connectivity index (χ1v) is 7.54. The number of allylic oxidation sites excluding steroid dienone is 1. The van der Waals surface area contributed by atoms with Crippen LogP contribution in [0.5, 0.6) is 0 Å². The van der Waals surface area contributed by atoms with Gasteiger partial charge >= 0.3 is 0 Å². The van der Waals surface area contributed by atoms with E-state index in [0.29, 0.717) is 6.61 Å². The third-order valence-corrected chi connectivity index (χ3v) is 4.43. The van der Waals surface area contributed by atoms with Gasteiger partial charge in [0, 0.05) is 11.0 Å². The SMILES string of the molecule is C/C=C\[C@@H]1C[C@H](C#N)N(C)[C@H]1[C@@H](N=[N+]=[N-])[C@H]1COC(C)(C)O1. The molecule has 2 rings (SSSR count). The molecule has 7 heteroatoms. The van der Waals surface area contributed by atoms with Crippen LogP contribution in [-0.4, -0.2) is 48.6 Å². The van der Waals surface area contributed by atoms with E-state index in [1.54, 1.807) is 0 Å². The van der Waals surface area contributed by atoms with Gasteiger partial charge in [-0.15, -0.1) is 0 Å². The molecule has 2 saturated heterocycles. The maximum Gasteiger partial charge on any atom is 0.163 e. The summed E-state index contributed by atoms with van der Waals surface area (Å²) in [6.07, 6.45) is 4.49. The Morgan fingerprint density at radius 3 is 2.77 bits per heavy atom. The van der Waals surface area contributed by atoms with Crippen LogP contribution in [0.2, 0.25) is 0 Å². The van der Waals surface area contributed by atoms with Gasteiger partial charge in [0.05, 0.1) is 30.9 Å². The van der Waals surface area contributed by atoms with Gasteiger partial charge < -0.3 is 9.47 Å². The second kappa shape index (κ2) is 6.67. The van der Waals surface area contributed by atoms with Crippen LogP contribution in [0.3, 0.4) is 0 Å². The zero-order valence-corrected chi connectivity index (χ0v) is 13.5. The maximum absolute atomic E-state index is 9.33. The van der Waals surface area contributed by atoms with Crippen molar-refractivity contribution in [3.05, 3.63) is 22.6 Å². The Labute approximate surface area is 131 Å². The molecule has 0 unspecified atom stereocenters. The lowest BCUT2D eigenvalue weighted by atomic mass is 9.90. The van der Waals surface area contributed by atoms with Crippen LogP contribution in [0.25, 0.3) is 10.4 Å². The molecular formula is C15H23N5O2. The van der Waals surface area contributed by atoms with Gasteiger partial charge in [-0.25, -0.2) is 0 Å². The summed E-state index contributed by atoms with van der Waals surface area (Å²) in [6.45, 7) is 6.04. The average Bonchev–Trinajstić information content (AvgIpc) is 2.97. The predicted molar refractivity (Wildman–Crippen MR) is 81.7 cm³/mol. The fourth-order valence-electron chi connectivity index (χ4n) is 3.46. The predicted octanol–water partition coefficient (Wildman–Crippen LogP) is 2.61. The Morgan fingerprint density at radius 1 is 1.55 bits per heavy atom. The van der Waals surface area contributed by atoms with E-state index in [-0.39, 0.29) is 24.1 Å². The van der Waals surface area contributed by atoms with Gasteiger partial charge in [0.1, 0.15) is 0 Å². The van der Waals surface area contributed by atoms with E-state index in [1.807, 2.05) is 38.8 Å². The van der Waals surface area contributed by atoms with E-state index in [9.17, 15) is 5.26 Å². The summed E-state index contributed by atoms with van der Waals surface area (Å²) in [5.41, 5.74) is 8.97. The number of likely N-dealkylation sites (tertiary alicyclic amines) is 1. The van der Waals surface area contributed by atoms with Crippen molar-refractivity contribution in [2.45, 2.75) is 57.2 Å². The molecule has 0 N–H and O–H groups in total. The number of ether oxygens (including phenoxy) is 2. The highest BCUT2D eigenvalue weighted by Gasteiger charge is 2.48. The van der Waals surface area contributed by atoms with Gasteiger partial charge in [-0.2, -0.15) is 5.26 Å². The molecule has 5 atom stereocenters. The van der Waals surface area contributed by atoms with Gasteiger partial charge in [-0.1, -0.05) is 17.3 Å². The highest BCUT2D eigenvalue weighted by molar-refractivity contribution is 5.12. The molecule has 22 heavy (non-hydrogen) atoms. The van der Waals surface area contributed by atoms with E-state index in [4.69, 9.17) is 15.0 Å². The number of nitriles is 1. The maximum atomic E-state index is 9.33. The van der Waals surface area contributed by atoms with Gasteiger partial charge in [-0.3, -0.25) is 4.90 Å².